The minimum Gasteiger partial charge on any atom is -0.396 e. The Bertz CT molecular complexity index is 481. The van der Waals surface area contributed by atoms with Crippen LogP contribution >= 0.6 is 11.6 Å². The molecule has 1 unspecified atom stereocenters. The summed E-state index contributed by atoms with van der Waals surface area (Å²) in [5, 5.41) is 10.3. The Labute approximate surface area is 113 Å². The molecule has 0 aliphatic rings. The van der Waals surface area contributed by atoms with Gasteiger partial charge in [-0.05, 0) is 36.0 Å². The van der Waals surface area contributed by atoms with Gasteiger partial charge in [0, 0.05) is 11.6 Å². The normalized spacial score (nSPS) is 12.3. The number of aliphatic hydroxyl groups is 1. The van der Waals surface area contributed by atoms with Crippen LogP contribution in [-0.2, 0) is 12.8 Å². The van der Waals surface area contributed by atoms with E-state index in [0.717, 1.165) is 23.4 Å². The van der Waals surface area contributed by atoms with E-state index in [9.17, 15) is 5.11 Å². The fourth-order valence-corrected chi connectivity index (χ4v) is 2.34. The quantitative estimate of drug-likeness (QED) is 0.869. The van der Waals surface area contributed by atoms with E-state index in [-0.39, 0.29) is 12.5 Å². The Morgan fingerprint density at radius 3 is 2.22 bits per heavy atom. The van der Waals surface area contributed by atoms with Crippen LogP contribution in [-0.4, -0.2) is 11.7 Å². The molecule has 0 saturated carbocycles. The number of aliphatic hydroxyl groups excluding tert-OH is 1. The molecule has 0 heterocycles. The van der Waals surface area contributed by atoms with Crippen molar-refractivity contribution < 1.29 is 5.11 Å². The first kappa shape index (κ1) is 13.1. The number of benzene rings is 2. The van der Waals surface area contributed by atoms with Gasteiger partial charge in [0.2, 0.25) is 0 Å². The molecule has 0 fully saturated rings. The lowest BCUT2D eigenvalue weighted by Crippen LogP contribution is -2.13. The summed E-state index contributed by atoms with van der Waals surface area (Å²) in [7, 11) is 0. The van der Waals surface area contributed by atoms with Gasteiger partial charge in [0.1, 0.15) is 0 Å². The zero-order valence-corrected chi connectivity index (χ0v) is 11.0. The van der Waals surface area contributed by atoms with E-state index >= 15 is 0 Å². The van der Waals surface area contributed by atoms with Crippen LogP contribution in [0.15, 0.2) is 54.6 Å². The zero-order valence-electron chi connectivity index (χ0n) is 10.2. The molecule has 94 valence electrons. The van der Waals surface area contributed by atoms with Crippen LogP contribution < -0.4 is 0 Å². The predicted octanol–water partition coefficient (Wildman–Crippen LogP) is 3.73. The topological polar surface area (TPSA) is 20.2 Å². The molecule has 0 aliphatic heterocycles. The highest BCUT2D eigenvalue weighted by atomic mass is 35.5. The second kappa shape index (κ2) is 6.58. The average molecular weight is 261 g/mol. The Morgan fingerprint density at radius 1 is 0.889 bits per heavy atom. The van der Waals surface area contributed by atoms with Gasteiger partial charge in [-0.15, -0.1) is 0 Å². The molecule has 0 amide bonds. The summed E-state index contributed by atoms with van der Waals surface area (Å²) in [6.07, 6.45) is 1.69. The molecule has 1 atom stereocenters. The summed E-state index contributed by atoms with van der Waals surface area (Å²) in [6, 6.07) is 18.1. The lowest BCUT2D eigenvalue weighted by Gasteiger charge is -2.15. The Morgan fingerprint density at radius 2 is 1.56 bits per heavy atom. The predicted molar refractivity (Wildman–Crippen MR) is 75.9 cm³/mol. The van der Waals surface area contributed by atoms with Gasteiger partial charge in [-0.1, -0.05) is 60.1 Å². The van der Waals surface area contributed by atoms with E-state index < -0.39 is 0 Å². The molecule has 0 spiro atoms. The number of halogens is 1. The third-order valence-electron chi connectivity index (χ3n) is 3.09. The van der Waals surface area contributed by atoms with Crippen molar-refractivity contribution in [1.82, 2.24) is 0 Å². The van der Waals surface area contributed by atoms with Gasteiger partial charge >= 0.3 is 0 Å². The van der Waals surface area contributed by atoms with Crippen LogP contribution in [0.3, 0.4) is 0 Å². The van der Waals surface area contributed by atoms with Crippen LogP contribution in [0.25, 0.3) is 0 Å². The van der Waals surface area contributed by atoms with Crippen molar-refractivity contribution in [2.75, 3.05) is 6.61 Å². The summed E-state index contributed by atoms with van der Waals surface area (Å²) in [4.78, 5) is 0. The molecule has 0 radical (unpaired) electrons. The summed E-state index contributed by atoms with van der Waals surface area (Å²) in [6.45, 7) is 0.181. The van der Waals surface area contributed by atoms with Gasteiger partial charge < -0.3 is 5.11 Å². The highest BCUT2D eigenvalue weighted by molar-refractivity contribution is 6.31. The van der Waals surface area contributed by atoms with Crippen molar-refractivity contribution in [1.29, 1.82) is 0 Å². The first-order chi connectivity index (χ1) is 8.79. The van der Waals surface area contributed by atoms with Crippen molar-refractivity contribution in [3.8, 4) is 0 Å². The third kappa shape index (κ3) is 3.59. The van der Waals surface area contributed by atoms with Crippen LogP contribution in [0, 0.1) is 5.92 Å². The highest BCUT2D eigenvalue weighted by Crippen LogP contribution is 2.20. The summed E-state index contributed by atoms with van der Waals surface area (Å²) in [5.74, 6) is 0.215. The molecular weight excluding hydrogens is 244 g/mol. The van der Waals surface area contributed by atoms with Crippen LogP contribution in [0.5, 0.6) is 0 Å². The molecule has 2 heteroatoms. The van der Waals surface area contributed by atoms with Crippen molar-refractivity contribution in [2.24, 2.45) is 5.92 Å². The smallest absolute Gasteiger partial charge is 0.0465 e. The molecule has 2 aromatic carbocycles. The van der Waals surface area contributed by atoms with E-state index in [2.05, 4.69) is 12.1 Å². The largest absolute Gasteiger partial charge is 0.396 e. The summed E-state index contributed by atoms with van der Waals surface area (Å²) < 4.78 is 0. The molecule has 2 rings (SSSR count). The summed E-state index contributed by atoms with van der Waals surface area (Å²) in [5.41, 5.74) is 2.36. The zero-order chi connectivity index (χ0) is 12.8. The van der Waals surface area contributed by atoms with Crippen molar-refractivity contribution in [3.05, 3.63) is 70.7 Å². The van der Waals surface area contributed by atoms with E-state index in [4.69, 9.17) is 11.6 Å². The standard InChI is InChI=1S/C16H17ClO/c17-16-9-5-4-8-15(16)11-14(12-18)10-13-6-2-1-3-7-13/h1-9,14,18H,10-12H2. The first-order valence-electron chi connectivity index (χ1n) is 6.18. The molecular formula is C16H17ClO. The van der Waals surface area contributed by atoms with Crippen molar-refractivity contribution in [2.45, 2.75) is 12.8 Å². The molecule has 1 nitrogen and oxygen atoms in total. The van der Waals surface area contributed by atoms with Crippen molar-refractivity contribution in [3.63, 3.8) is 0 Å². The molecule has 0 aliphatic carbocycles. The fourth-order valence-electron chi connectivity index (χ4n) is 2.12. The molecule has 0 bridgehead atoms. The minimum atomic E-state index is 0.181. The maximum Gasteiger partial charge on any atom is 0.0465 e. The summed E-state index contributed by atoms with van der Waals surface area (Å²) >= 11 is 6.15. The fraction of sp³-hybridized carbons (Fsp3) is 0.250. The maximum absolute atomic E-state index is 9.50. The lowest BCUT2D eigenvalue weighted by atomic mass is 9.93. The number of hydrogen-bond acceptors (Lipinski definition) is 1. The first-order valence-corrected chi connectivity index (χ1v) is 6.55. The van der Waals surface area contributed by atoms with Gasteiger partial charge in [-0.2, -0.15) is 0 Å². The van der Waals surface area contributed by atoms with Crippen LogP contribution in [0.2, 0.25) is 5.02 Å². The molecule has 18 heavy (non-hydrogen) atoms. The van der Waals surface area contributed by atoms with E-state index in [1.54, 1.807) is 0 Å². The highest BCUT2D eigenvalue weighted by Gasteiger charge is 2.11. The molecule has 2 aromatic rings. The van der Waals surface area contributed by atoms with Gasteiger partial charge in [0.25, 0.3) is 0 Å². The Kier molecular flexibility index (Phi) is 4.80. The number of hydrogen-bond donors (Lipinski definition) is 1. The second-order valence-corrected chi connectivity index (χ2v) is 4.94. The van der Waals surface area contributed by atoms with E-state index in [1.165, 1.54) is 5.56 Å². The monoisotopic (exact) mass is 260 g/mol. The van der Waals surface area contributed by atoms with Crippen LogP contribution in [0.4, 0.5) is 0 Å². The van der Waals surface area contributed by atoms with E-state index in [0.29, 0.717) is 0 Å². The molecule has 1 N–H and O–H groups in total. The second-order valence-electron chi connectivity index (χ2n) is 4.53. The lowest BCUT2D eigenvalue weighted by molar-refractivity contribution is 0.225. The van der Waals surface area contributed by atoms with E-state index in [1.807, 2.05) is 42.5 Å². The SMILES string of the molecule is OCC(Cc1ccccc1)Cc1ccccc1Cl. The van der Waals surface area contributed by atoms with Gasteiger partial charge in [0.15, 0.2) is 0 Å². The number of rotatable bonds is 5. The Balaban J connectivity index is 2.04. The average Bonchev–Trinajstić information content (AvgIpc) is 2.41. The Hall–Kier alpha value is -1.31. The van der Waals surface area contributed by atoms with Crippen LogP contribution in [0.1, 0.15) is 11.1 Å². The third-order valence-corrected chi connectivity index (χ3v) is 3.46. The van der Waals surface area contributed by atoms with Gasteiger partial charge in [-0.25, -0.2) is 0 Å². The molecule has 0 aromatic heterocycles. The van der Waals surface area contributed by atoms with Crippen molar-refractivity contribution >= 4 is 11.6 Å². The minimum absolute atomic E-state index is 0.181. The van der Waals surface area contributed by atoms with Gasteiger partial charge in [0.05, 0.1) is 0 Å². The maximum atomic E-state index is 9.50. The van der Waals surface area contributed by atoms with Gasteiger partial charge in [-0.3, -0.25) is 0 Å². The molecule has 0 saturated heterocycles.